The summed E-state index contributed by atoms with van der Waals surface area (Å²) in [7, 11) is -1.75. The van der Waals surface area contributed by atoms with Crippen molar-refractivity contribution in [3.05, 3.63) is 29.8 Å². The van der Waals surface area contributed by atoms with Gasteiger partial charge >= 0.3 is 0 Å². The molecule has 6 nitrogen and oxygen atoms in total. The largest absolute Gasteiger partial charge is 0.336 e. The molecule has 0 unspecified atom stereocenters. The number of anilines is 1. The van der Waals surface area contributed by atoms with E-state index in [2.05, 4.69) is 11.8 Å². The fourth-order valence-electron chi connectivity index (χ4n) is 2.62. The maximum atomic E-state index is 12.5. The zero-order valence-corrected chi connectivity index (χ0v) is 14.8. The van der Waals surface area contributed by atoms with Crippen LogP contribution in [0.15, 0.2) is 24.3 Å². The predicted molar refractivity (Wildman–Crippen MR) is 92.3 cm³/mol. The van der Waals surface area contributed by atoms with Crippen LogP contribution >= 0.6 is 0 Å². The average molecular weight is 339 g/mol. The van der Waals surface area contributed by atoms with Crippen LogP contribution in [0.5, 0.6) is 0 Å². The van der Waals surface area contributed by atoms with E-state index >= 15 is 0 Å². The van der Waals surface area contributed by atoms with Crippen LogP contribution in [0.25, 0.3) is 0 Å². The molecule has 1 heterocycles. The van der Waals surface area contributed by atoms with E-state index in [1.54, 1.807) is 31.2 Å². The highest BCUT2D eigenvalue weighted by Gasteiger charge is 2.22. The fraction of sp³-hybridized carbons (Fsp3) is 0.562. The van der Waals surface area contributed by atoms with Crippen LogP contribution in [0, 0.1) is 0 Å². The van der Waals surface area contributed by atoms with E-state index in [-0.39, 0.29) is 11.7 Å². The van der Waals surface area contributed by atoms with Crippen molar-refractivity contribution in [3.63, 3.8) is 0 Å². The summed E-state index contributed by atoms with van der Waals surface area (Å²) < 4.78 is 25.0. The molecule has 1 aliphatic rings. The van der Waals surface area contributed by atoms with Crippen molar-refractivity contribution in [2.75, 3.05) is 49.8 Å². The van der Waals surface area contributed by atoms with Crippen molar-refractivity contribution in [2.45, 2.75) is 13.8 Å². The minimum absolute atomic E-state index is 0.00769. The van der Waals surface area contributed by atoms with Gasteiger partial charge in [0.1, 0.15) is 0 Å². The van der Waals surface area contributed by atoms with Gasteiger partial charge < -0.3 is 9.80 Å². The molecule has 1 fully saturated rings. The summed E-state index contributed by atoms with van der Waals surface area (Å²) in [6.45, 7) is 8.01. The van der Waals surface area contributed by atoms with Crippen molar-refractivity contribution in [1.82, 2.24) is 9.80 Å². The summed E-state index contributed by atoms with van der Waals surface area (Å²) in [6, 6.07) is 6.77. The molecule has 0 saturated carbocycles. The van der Waals surface area contributed by atoms with Gasteiger partial charge in [-0.15, -0.1) is 0 Å². The Balaban J connectivity index is 2.06. The summed E-state index contributed by atoms with van der Waals surface area (Å²) in [5, 5.41) is 0. The number of carbonyl (C=O) groups excluding carboxylic acids is 1. The maximum absolute atomic E-state index is 12.5. The SMILES string of the molecule is CCN1CCN(C(=O)c2ccc(N(C)S(=O)(=O)CC)cc2)CC1. The predicted octanol–water partition coefficient (Wildman–Crippen LogP) is 1.25. The van der Waals surface area contributed by atoms with Crippen LogP contribution in [0.1, 0.15) is 24.2 Å². The third-order valence-corrected chi connectivity index (χ3v) is 6.14. The highest BCUT2D eigenvalue weighted by molar-refractivity contribution is 7.92. The molecular weight excluding hydrogens is 314 g/mol. The number of carbonyl (C=O) groups is 1. The van der Waals surface area contributed by atoms with E-state index in [0.717, 1.165) is 32.7 Å². The van der Waals surface area contributed by atoms with Crippen molar-refractivity contribution >= 4 is 21.6 Å². The molecular formula is C16H25N3O3S. The van der Waals surface area contributed by atoms with Crippen LogP contribution in [-0.4, -0.2) is 69.6 Å². The molecule has 0 aliphatic carbocycles. The van der Waals surface area contributed by atoms with Crippen LogP contribution in [0.2, 0.25) is 0 Å². The molecule has 128 valence electrons. The number of hydrogen-bond acceptors (Lipinski definition) is 4. The van der Waals surface area contributed by atoms with E-state index in [0.29, 0.717) is 11.3 Å². The van der Waals surface area contributed by atoms with Gasteiger partial charge in [0, 0.05) is 38.8 Å². The number of likely N-dealkylation sites (N-methyl/N-ethyl adjacent to an activating group) is 1. The van der Waals surface area contributed by atoms with Crippen LogP contribution in [0.3, 0.4) is 0 Å². The van der Waals surface area contributed by atoms with Gasteiger partial charge in [0.25, 0.3) is 5.91 Å². The lowest BCUT2D eigenvalue weighted by molar-refractivity contribution is 0.0643. The molecule has 0 atom stereocenters. The smallest absolute Gasteiger partial charge is 0.253 e. The third kappa shape index (κ3) is 4.03. The number of rotatable bonds is 5. The minimum atomic E-state index is -3.28. The Labute approximate surface area is 138 Å². The van der Waals surface area contributed by atoms with Crippen molar-refractivity contribution in [1.29, 1.82) is 0 Å². The lowest BCUT2D eigenvalue weighted by atomic mass is 10.1. The van der Waals surface area contributed by atoms with Crippen LogP contribution in [0.4, 0.5) is 5.69 Å². The number of benzene rings is 1. The second kappa shape index (κ2) is 7.31. The Kier molecular flexibility index (Phi) is 5.64. The lowest BCUT2D eigenvalue weighted by Gasteiger charge is -2.34. The molecule has 23 heavy (non-hydrogen) atoms. The quantitative estimate of drug-likeness (QED) is 0.810. The monoisotopic (exact) mass is 339 g/mol. The van der Waals surface area contributed by atoms with E-state index in [4.69, 9.17) is 0 Å². The number of piperazine rings is 1. The van der Waals surface area contributed by atoms with Gasteiger partial charge in [0.15, 0.2) is 0 Å². The first-order valence-corrected chi connectivity index (χ1v) is 9.58. The summed E-state index contributed by atoms with van der Waals surface area (Å²) in [4.78, 5) is 16.7. The molecule has 1 amide bonds. The van der Waals surface area contributed by atoms with Gasteiger partial charge in [-0.2, -0.15) is 0 Å². The first-order chi connectivity index (χ1) is 10.9. The number of nitrogens with zero attached hydrogens (tertiary/aromatic N) is 3. The Bertz CT molecular complexity index is 635. The summed E-state index contributed by atoms with van der Waals surface area (Å²) in [5.74, 6) is 0.0552. The summed E-state index contributed by atoms with van der Waals surface area (Å²) in [6.07, 6.45) is 0. The van der Waals surface area contributed by atoms with Gasteiger partial charge in [-0.3, -0.25) is 9.10 Å². The van der Waals surface area contributed by atoms with Gasteiger partial charge in [0.05, 0.1) is 11.4 Å². The fourth-order valence-corrected chi connectivity index (χ4v) is 3.45. The Morgan fingerprint density at radius 1 is 1.09 bits per heavy atom. The minimum Gasteiger partial charge on any atom is -0.336 e. The van der Waals surface area contributed by atoms with E-state index in [1.807, 2.05) is 4.90 Å². The molecule has 2 rings (SSSR count). The normalized spacial score (nSPS) is 16.4. The molecule has 0 spiro atoms. The first kappa shape index (κ1) is 17.7. The Morgan fingerprint density at radius 2 is 1.65 bits per heavy atom. The zero-order valence-electron chi connectivity index (χ0n) is 14.0. The number of amides is 1. The molecule has 0 aromatic heterocycles. The average Bonchev–Trinajstić information content (AvgIpc) is 2.60. The molecule has 1 saturated heterocycles. The third-order valence-electron chi connectivity index (χ3n) is 4.37. The molecule has 0 radical (unpaired) electrons. The molecule has 0 N–H and O–H groups in total. The summed E-state index contributed by atoms with van der Waals surface area (Å²) in [5.41, 5.74) is 1.17. The first-order valence-electron chi connectivity index (χ1n) is 7.97. The highest BCUT2D eigenvalue weighted by atomic mass is 32.2. The molecule has 0 bridgehead atoms. The standard InChI is InChI=1S/C16H25N3O3S/c1-4-18-10-12-19(13-11-18)16(20)14-6-8-15(9-7-14)17(3)23(21,22)5-2/h6-9H,4-5,10-13H2,1-3H3. The van der Waals surface area contributed by atoms with Gasteiger partial charge in [0.2, 0.25) is 10.0 Å². The Morgan fingerprint density at radius 3 is 2.13 bits per heavy atom. The highest BCUT2D eigenvalue weighted by Crippen LogP contribution is 2.18. The van der Waals surface area contributed by atoms with Crippen molar-refractivity contribution in [2.24, 2.45) is 0 Å². The van der Waals surface area contributed by atoms with Gasteiger partial charge in [-0.1, -0.05) is 6.92 Å². The van der Waals surface area contributed by atoms with Crippen LogP contribution in [-0.2, 0) is 10.0 Å². The second-order valence-corrected chi connectivity index (χ2v) is 7.93. The number of sulfonamides is 1. The lowest BCUT2D eigenvalue weighted by Crippen LogP contribution is -2.48. The van der Waals surface area contributed by atoms with E-state index in [1.165, 1.54) is 11.4 Å². The number of hydrogen-bond donors (Lipinski definition) is 0. The zero-order chi connectivity index (χ0) is 17.0. The van der Waals surface area contributed by atoms with Crippen molar-refractivity contribution in [3.8, 4) is 0 Å². The topological polar surface area (TPSA) is 60.9 Å². The molecule has 7 heteroatoms. The summed E-state index contributed by atoms with van der Waals surface area (Å²) >= 11 is 0. The van der Waals surface area contributed by atoms with Crippen molar-refractivity contribution < 1.29 is 13.2 Å². The maximum Gasteiger partial charge on any atom is 0.253 e. The molecule has 1 aromatic rings. The molecule has 1 aliphatic heterocycles. The van der Waals surface area contributed by atoms with E-state index < -0.39 is 10.0 Å². The molecule has 1 aromatic carbocycles. The second-order valence-electron chi connectivity index (χ2n) is 5.64. The van der Waals surface area contributed by atoms with Gasteiger partial charge in [-0.05, 0) is 37.7 Å². The van der Waals surface area contributed by atoms with Gasteiger partial charge in [-0.25, -0.2) is 8.42 Å². The van der Waals surface area contributed by atoms with E-state index in [9.17, 15) is 13.2 Å². The van der Waals surface area contributed by atoms with Crippen LogP contribution < -0.4 is 4.31 Å². The Hall–Kier alpha value is -1.60.